The number of H-pyrrole nitrogens is 1. The summed E-state index contributed by atoms with van der Waals surface area (Å²) in [4.78, 5) is 46.1. The second-order valence-corrected chi connectivity index (χ2v) is 9.64. The lowest BCUT2D eigenvalue weighted by Crippen LogP contribution is -2.47. The second-order valence-electron chi connectivity index (χ2n) is 9.64. The number of nitrogens with one attached hydrogen (secondary N) is 3. The van der Waals surface area contributed by atoms with Crippen LogP contribution in [-0.2, 0) is 25.5 Å². The number of amides is 2. The topological polar surface area (TPSA) is 135 Å². The van der Waals surface area contributed by atoms with Crippen LogP contribution in [0.15, 0.2) is 48.7 Å². The maximum atomic E-state index is 13.0. The van der Waals surface area contributed by atoms with Crippen LogP contribution < -0.4 is 15.4 Å². The highest BCUT2D eigenvalue weighted by Crippen LogP contribution is 2.29. The van der Waals surface area contributed by atoms with E-state index >= 15 is 0 Å². The Kier molecular flexibility index (Phi) is 8.73. The number of hydrogen-bond donors (Lipinski definition) is 3. The Bertz CT molecular complexity index is 1450. The van der Waals surface area contributed by atoms with E-state index in [1.165, 1.54) is 12.1 Å². The van der Waals surface area contributed by atoms with Crippen molar-refractivity contribution in [2.24, 2.45) is 0 Å². The Morgan fingerprint density at radius 2 is 1.93 bits per heavy atom. The molecule has 2 aliphatic rings. The average molecular weight is 588 g/mol. The molecule has 0 spiro atoms. The van der Waals surface area contributed by atoms with Crippen LogP contribution >= 0.6 is 0 Å². The minimum Gasteiger partial charge on any atom is -0.446 e. The summed E-state index contributed by atoms with van der Waals surface area (Å²) in [6, 6.07) is 11.5. The zero-order chi connectivity index (χ0) is 29.7. The molecule has 2 amide bonds. The number of benzene rings is 1. The van der Waals surface area contributed by atoms with Gasteiger partial charge in [0.05, 0.1) is 24.5 Å². The average Bonchev–Trinajstić information content (AvgIpc) is 3.43. The summed E-state index contributed by atoms with van der Waals surface area (Å²) in [6.07, 6.45) is -5.25. The number of halogens is 3. The molecule has 1 unspecified atom stereocenters. The molecule has 0 bridgehead atoms. The molecule has 1 fully saturated rings. The van der Waals surface area contributed by atoms with Crippen molar-refractivity contribution in [3.63, 3.8) is 0 Å². The Hall–Kier alpha value is -4.43. The fourth-order valence-corrected chi connectivity index (χ4v) is 4.60. The summed E-state index contributed by atoms with van der Waals surface area (Å²) < 4.78 is 54.0. The van der Waals surface area contributed by atoms with Crippen molar-refractivity contribution >= 4 is 17.8 Å². The van der Waals surface area contributed by atoms with Gasteiger partial charge in [0.1, 0.15) is 5.75 Å². The molecule has 3 N–H and O–H groups in total. The number of morpholine rings is 1. The highest BCUT2D eigenvalue weighted by Gasteiger charge is 2.44. The number of alkyl halides is 3. The van der Waals surface area contributed by atoms with Crippen molar-refractivity contribution in [1.29, 1.82) is 0 Å². The summed E-state index contributed by atoms with van der Waals surface area (Å²) in [5.41, 5.74) is 3.91. The molecule has 1 aromatic carbocycles. The van der Waals surface area contributed by atoms with Crippen LogP contribution in [0.5, 0.6) is 5.75 Å². The lowest BCUT2D eigenvalue weighted by Gasteiger charge is -2.27. The molecule has 14 heteroatoms. The molecule has 42 heavy (non-hydrogen) atoms. The molecule has 2 aliphatic heterocycles. The van der Waals surface area contributed by atoms with Gasteiger partial charge in [-0.3, -0.25) is 19.5 Å². The summed E-state index contributed by atoms with van der Waals surface area (Å²) >= 11 is 0. The van der Waals surface area contributed by atoms with Crippen LogP contribution in [0, 0.1) is 0 Å². The SMILES string of the molecule is O=C1NCCc2[nH]c(-c3ccnc(-c4cccc(OC(OC(=O)C(F)(F)F)C(=O)NCCN5CCOCC5)c4)c3)cc21. The third-order valence-electron chi connectivity index (χ3n) is 6.74. The van der Waals surface area contributed by atoms with Gasteiger partial charge in [-0.2, -0.15) is 13.2 Å². The molecule has 0 aliphatic carbocycles. The lowest BCUT2D eigenvalue weighted by atomic mass is 10.1. The van der Waals surface area contributed by atoms with Crippen molar-refractivity contribution in [1.82, 2.24) is 25.5 Å². The number of carbonyl (C=O) groups excluding carboxylic acids is 3. The largest absolute Gasteiger partial charge is 0.491 e. The number of hydrogen-bond acceptors (Lipinski definition) is 8. The van der Waals surface area contributed by atoms with Crippen LogP contribution in [0.4, 0.5) is 13.2 Å². The molecular weight excluding hydrogens is 559 g/mol. The molecular formula is C28H28F3N5O6. The Labute approximate surface area is 238 Å². The van der Waals surface area contributed by atoms with Gasteiger partial charge in [-0.1, -0.05) is 12.1 Å². The smallest absolute Gasteiger partial charge is 0.446 e. The molecule has 4 heterocycles. The van der Waals surface area contributed by atoms with E-state index in [0.717, 1.165) is 17.0 Å². The normalized spacial score (nSPS) is 16.2. The van der Waals surface area contributed by atoms with Crippen molar-refractivity contribution in [2.75, 3.05) is 45.9 Å². The number of ether oxygens (including phenoxy) is 3. The van der Waals surface area contributed by atoms with Crippen molar-refractivity contribution < 1.29 is 41.8 Å². The van der Waals surface area contributed by atoms with Crippen LogP contribution in [0.25, 0.3) is 22.5 Å². The van der Waals surface area contributed by atoms with E-state index in [-0.39, 0.29) is 18.2 Å². The predicted octanol–water partition coefficient (Wildman–Crippen LogP) is 2.29. The summed E-state index contributed by atoms with van der Waals surface area (Å²) in [7, 11) is 0. The van der Waals surface area contributed by atoms with Gasteiger partial charge < -0.3 is 29.8 Å². The number of aromatic amines is 1. The third-order valence-corrected chi connectivity index (χ3v) is 6.74. The highest BCUT2D eigenvalue weighted by molar-refractivity contribution is 5.97. The van der Waals surface area contributed by atoms with Crippen LogP contribution in [-0.4, -0.2) is 91.1 Å². The van der Waals surface area contributed by atoms with E-state index in [1.54, 1.807) is 36.5 Å². The predicted molar refractivity (Wildman–Crippen MR) is 142 cm³/mol. The Morgan fingerprint density at radius 3 is 2.69 bits per heavy atom. The number of carbonyl (C=O) groups is 3. The lowest BCUT2D eigenvalue weighted by molar-refractivity contribution is -0.216. The van der Waals surface area contributed by atoms with E-state index < -0.39 is 24.3 Å². The van der Waals surface area contributed by atoms with Gasteiger partial charge in [-0.15, -0.1) is 0 Å². The van der Waals surface area contributed by atoms with Gasteiger partial charge >= 0.3 is 24.3 Å². The highest BCUT2D eigenvalue weighted by atomic mass is 19.4. The number of nitrogens with zero attached hydrogens (tertiary/aromatic N) is 2. The molecule has 0 saturated carbocycles. The van der Waals surface area contributed by atoms with E-state index in [0.29, 0.717) is 62.6 Å². The number of pyridine rings is 1. The quantitative estimate of drug-likeness (QED) is 0.257. The standard InChI is InChI=1S/C28H28F3N5O6/c29-28(30,31)27(39)42-26(25(38)34-8-9-36-10-12-40-13-11-36)41-19-3-1-2-17(14-19)22-15-18(4-6-32-22)23-16-20-21(35-23)5-7-33-24(20)37/h1-4,6,14-16,26,35H,5,7-13H2,(H,33,37)(H,34,38). The first kappa shape index (κ1) is 29.1. The first-order valence-electron chi connectivity index (χ1n) is 13.3. The zero-order valence-corrected chi connectivity index (χ0v) is 22.3. The van der Waals surface area contributed by atoms with Crippen molar-refractivity contribution in [3.05, 3.63) is 59.9 Å². The maximum Gasteiger partial charge on any atom is 0.491 e. The van der Waals surface area contributed by atoms with Gasteiger partial charge in [0.15, 0.2) is 0 Å². The zero-order valence-electron chi connectivity index (χ0n) is 22.3. The van der Waals surface area contributed by atoms with Gasteiger partial charge in [-0.05, 0) is 30.3 Å². The second kappa shape index (κ2) is 12.6. The third kappa shape index (κ3) is 7.06. The number of aromatic nitrogens is 2. The van der Waals surface area contributed by atoms with Crippen LogP contribution in [0.1, 0.15) is 16.1 Å². The van der Waals surface area contributed by atoms with Crippen LogP contribution in [0.2, 0.25) is 0 Å². The molecule has 1 atom stereocenters. The monoisotopic (exact) mass is 587 g/mol. The van der Waals surface area contributed by atoms with E-state index in [1.807, 2.05) is 4.90 Å². The van der Waals surface area contributed by atoms with Gasteiger partial charge in [0.2, 0.25) is 0 Å². The first-order chi connectivity index (χ1) is 20.2. The molecule has 2 aromatic heterocycles. The molecule has 1 saturated heterocycles. The number of rotatable bonds is 9. The molecule has 3 aromatic rings. The fraction of sp³-hybridized carbons (Fsp3) is 0.357. The molecule has 5 rings (SSSR count). The number of esters is 1. The summed E-state index contributed by atoms with van der Waals surface area (Å²) in [5.74, 6) is -3.76. The summed E-state index contributed by atoms with van der Waals surface area (Å²) in [5, 5.41) is 5.27. The van der Waals surface area contributed by atoms with Crippen molar-refractivity contribution in [2.45, 2.75) is 18.9 Å². The Balaban J connectivity index is 1.31. The van der Waals surface area contributed by atoms with Gasteiger partial charge in [0.25, 0.3) is 5.91 Å². The Morgan fingerprint density at radius 1 is 1.12 bits per heavy atom. The number of fused-ring (bicyclic) bond motifs is 1. The fourth-order valence-electron chi connectivity index (χ4n) is 4.60. The van der Waals surface area contributed by atoms with Crippen LogP contribution in [0.3, 0.4) is 0 Å². The van der Waals surface area contributed by atoms with Gasteiger partial charge in [-0.25, -0.2) is 4.79 Å². The van der Waals surface area contributed by atoms with Gasteiger partial charge in [0, 0.05) is 67.9 Å². The van der Waals surface area contributed by atoms with E-state index in [4.69, 9.17) is 9.47 Å². The van der Waals surface area contributed by atoms with Crippen molar-refractivity contribution in [3.8, 4) is 28.3 Å². The summed E-state index contributed by atoms with van der Waals surface area (Å²) in [6.45, 7) is 3.47. The van der Waals surface area contributed by atoms with E-state index in [2.05, 4.69) is 25.3 Å². The maximum absolute atomic E-state index is 13.0. The first-order valence-corrected chi connectivity index (χ1v) is 13.3. The molecule has 11 nitrogen and oxygen atoms in total. The molecule has 222 valence electrons. The van der Waals surface area contributed by atoms with E-state index in [9.17, 15) is 27.6 Å². The molecule has 0 radical (unpaired) electrons. The minimum absolute atomic E-state index is 0.0185. The minimum atomic E-state index is -5.32.